The van der Waals surface area contributed by atoms with Gasteiger partial charge in [-0.2, -0.15) is 13.2 Å². The molecule has 12 heteroatoms. The number of rotatable bonds is 3. The molecule has 3 rings (SSSR count). The SMILES string of the molecule is CC(OC(=O)c1nccnc1N)C(=O)N1CC(=O)Nc2cc(C(F)(F)F)ccc21. The predicted molar refractivity (Wildman–Crippen MR) is 93.7 cm³/mol. The molecule has 1 aliphatic rings. The zero-order chi connectivity index (χ0) is 21.3. The maximum absolute atomic E-state index is 12.9. The number of aromatic nitrogens is 2. The molecule has 3 N–H and O–H groups in total. The van der Waals surface area contributed by atoms with Crippen molar-refractivity contribution >= 4 is 35.0 Å². The lowest BCUT2D eigenvalue weighted by Gasteiger charge is -2.31. The van der Waals surface area contributed by atoms with Gasteiger partial charge in [0.1, 0.15) is 6.54 Å². The molecule has 0 saturated carbocycles. The third-order valence-corrected chi connectivity index (χ3v) is 4.01. The first-order valence-electron chi connectivity index (χ1n) is 8.18. The summed E-state index contributed by atoms with van der Waals surface area (Å²) >= 11 is 0. The molecule has 1 aliphatic heterocycles. The van der Waals surface area contributed by atoms with E-state index in [1.54, 1.807) is 0 Å². The van der Waals surface area contributed by atoms with Crippen LogP contribution in [0.25, 0.3) is 0 Å². The van der Waals surface area contributed by atoms with Gasteiger partial charge in [-0.15, -0.1) is 0 Å². The number of benzene rings is 1. The number of alkyl halides is 3. The molecular weight excluding hydrogens is 395 g/mol. The second-order valence-corrected chi connectivity index (χ2v) is 6.04. The average Bonchev–Trinajstić information content (AvgIpc) is 2.65. The number of carbonyl (C=O) groups excluding carboxylic acids is 3. The normalized spacial score (nSPS) is 14.6. The quantitative estimate of drug-likeness (QED) is 0.737. The van der Waals surface area contributed by atoms with Gasteiger partial charge in [0.05, 0.1) is 16.9 Å². The second kappa shape index (κ2) is 7.37. The average molecular weight is 409 g/mol. The van der Waals surface area contributed by atoms with Gasteiger partial charge in [0.25, 0.3) is 5.91 Å². The molecule has 0 fully saturated rings. The molecule has 2 aromatic rings. The Morgan fingerprint density at radius 1 is 1.28 bits per heavy atom. The fourth-order valence-electron chi connectivity index (χ4n) is 2.66. The number of hydrogen-bond donors (Lipinski definition) is 2. The maximum atomic E-state index is 12.9. The molecule has 0 radical (unpaired) electrons. The van der Waals surface area contributed by atoms with E-state index >= 15 is 0 Å². The summed E-state index contributed by atoms with van der Waals surface area (Å²) in [6.45, 7) is 0.801. The van der Waals surface area contributed by atoms with Crippen molar-refractivity contribution in [3.63, 3.8) is 0 Å². The summed E-state index contributed by atoms with van der Waals surface area (Å²) in [7, 11) is 0. The van der Waals surface area contributed by atoms with Crippen LogP contribution in [0.15, 0.2) is 30.6 Å². The molecule has 1 aromatic heterocycles. The molecule has 152 valence electrons. The van der Waals surface area contributed by atoms with Gasteiger partial charge < -0.3 is 15.8 Å². The zero-order valence-corrected chi connectivity index (χ0v) is 14.9. The molecule has 0 aliphatic carbocycles. The Morgan fingerprint density at radius 2 is 1.97 bits per heavy atom. The van der Waals surface area contributed by atoms with E-state index in [9.17, 15) is 27.6 Å². The van der Waals surface area contributed by atoms with Crippen molar-refractivity contribution in [2.45, 2.75) is 19.2 Å². The van der Waals surface area contributed by atoms with Crippen molar-refractivity contribution in [1.82, 2.24) is 9.97 Å². The number of esters is 1. The largest absolute Gasteiger partial charge is 0.448 e. The van der Waals surface area contributed by atoms with E-state index in [4.69, 9.17) is 10.5 Å². The number of nitrogens with two attached hydrogens (primary N) is 1. The van der Waals surface area contributed by atoms with E-state index in [2.05, 4.69) is 15.3 Å². The number of hydrogen-bond acceptors (Lipinski definition) is 7. The van der Waals surface area contributed by atoms with Crippen LogP contribution >= 0.6 is 0 Å². The molecule has 0 spiro atoms. The number of nitrogens with zero attached hydrogens (tertiary/aromatic N) is 3. The van der Waals surface area contributed by atoms with Gasteiger partial charge in [0.15, 0.2) is 17.6 Å². The lowest BCUT2D eigenvalue weighted by atomic mass is 10.1. The van der Waals surface area contributed by atoms with Crippen molar-refractivity contribution < 1.29 is 32.3 Å². The monoisotopic (exact) mass is 409 g/mol. The summed E-state index contributed by atoms with van der Waals surface area (Å²) in [6, 6.07) is 2.57. The first-order chi connectivity index (χ1) is 13.6. The van der Waals surface area contributed by atoms with Crippen molar-refractivity contribution in [3.8, 4) is 0 Å². The molecule has 0 saturated heterocycles. The highest BCUT2D eigenvalue weighted by atomic mass is 19.4. The Bertz CT molecular complexity index is 995. The van der Waals surface area contributed by atoms with Crippen LogP contribution in [-0.4, -0.2) is 40.4 Å². The molecule has 0 bridgehead atoms. The van der Waals surface area contributed by atoms with Crippen molar-refractivity contribution in [1.29, 1.82) is 0 Å². The van der Waals surface area contributed by atoms with Crippen molar-refractivity contribution in [2.75, 3.05) is 22.5 Å². The Kier molecular flexibility index (Phi) is 5.10. The highest BCUT2D eigenvalue weighted by molar-refractivity contribution is 6.11. The number of nitrogens with one attached hydrogen (secondary N) is 1. The van der Waals surface area contributed by atoms with Crippen LogP contribution in [0, 0.1) is 0 Å². The van der Waals surface area contributed by atoms with E-state index in [1.807, 2.05) is 0 Å². The summed E-state index contributed by atoms with van der Waals surface area (Å²) in [6.07, 6.45) is -3.52. The van der Waals surface area contributed by atoms with Crippen molar-refractivity contribution in [3.05, 3.63) is 41.9 Å². The minimum atomic E-state index is -4.62. The summed E-state index contributed by atoms with van der Waals surface area (Å²) in [5, 5.41) is 2.29. The summed E-state index contributed by atoms with van der Waals surface area (Å²) in [4.78, 5) is 45.1. The van der Waals surface area contributed by atoms with Crippen LogP contribution in [0.4, 0.5) is 30.4 Å². The summed E-state index contributed by atoms with van der Waals surface area (Å²) in [5.74, 6) is -2.70. The third kappa shape index (κ3) is 4.10. The molecule has 29 heavy (non-hydrogen) atoms. The van der Waals surface area contributed by atoms with Crippen LogP contribution in [0.1, 0.15) is 23.0 Å². The molecule has 1 atom stereocenters. The van der Waals surface area contributed by atoms with Gasteiger partial charge >= 0.3 is 12.1 Å². The van der Waals surface area contributed by atoms with Gasteiger partial charge in [-0.3, -0.25) is 14.5 Å². The molecule has 2 heterocycles. The van der Waals surface area contributed by atoms with Gasteiger partial charge in [0.2, 0.25) is 5.91 Å². The van der Waals surface area contributed by atoms with E-state index in [0.29, 0.717) is 0 Å². The number of anilines is 3. The Morgan fingerprint density at radius 3 is 2.62 bits per heavy atom. The molecule has 9 nitrogen and oxygen atoms in total. The van der Waals surface area contributed by atoms with Gasteiger partial charge in [-0.1, -0.05) is 0 Å². The Hall–Kier alpha value is -3.70. The van der Waals surface area contributed by atoms with E-state index in [-0.39, 0.29) is 22.9 Å². The molecular formula is C17H14F3N5O4. The van der Waals surface area contributed by atoms with Crippen molar-refractivity contribution in [2.24, 2.45) is 0 Å². The number of halogens is 3. The number of fused-ring (bicyclic) bond motifs is 1. The first kappa shape index (κ1) is 20.0. The molecule has 1 aromatic carbocycles. The number of ether oxygens (including phenoxy) is 1. The standard InChI is InChI=1S/C17H14F3N5O4/c1-8(29-16(28)13-14(21)23-5-4-22-13)15(27)25-7-12(26)24-10-6-9(17(18,19)20)2-3-11(10)25/h2-6,8H,7H2,1H3,(H2,21,23)(H,24,26). The van der Waals surface area contributed by atoms with Gasteiger partial charge in [-0.05, 0) is 25.1 Å². The maximum Gasteiger partial charge on any atom is 0.416 e. The van der Waals surface area contributed by atoms with Crippen LogP contribution in [0.2, 0.25) is 0 Å². The lowest BCUT2D eigenvalue weighted by molar-refractivity contribution is -0.137. The molecule has 2 amide bonds. The number of amides is 2. The fourth-order valence-corrected chi connectivity index (χ4v) is 2.66. The van der Waals surface area contributed by atoms with Gasteiger partial charge in [0, 0.05) is 12.4 Å². The summed E-state index contributed by atoms with van der Waals surface area (Å²) in [5.41, 5.74) is 4.12. The highest BCUT2D eigenvalue weighted by Crippen LogP contribution is 2.37. The lowest BCUT2D eigenvalue weighted by Crippen LogP contribution is -2.47. The Labute approximate surface area is 161 Å². The molecule has 1 unspecified atom stereocenters. The van der Waals surface area contributed by atoms with Crippen LogP contribution in [-0.2, 0) is 20.5 Å². The first-order valence-corrected chi connectivity index (χ1v) is 8.18. The topological polar surface area (TPSA) is 128 Å². The smallest absolute Gasteiger partial charge is 0.416 e. The minimum Gasteiger partial charge on any atom is -0.448 e. The Balaban J connectivity index is 1.83. The number of nitrogen functional groups attached to an aromatic ring is 1. The van der Waals surface area contributed by atoms with Gasteiger partial charge in [-0.25, -0.2) is 14.8 Å². The third-order valence-electron chi connectivity index (χ3n) is 4.01. The van der Waals surface area contributed by atoms with Crippen LogP contribution in [0.3, 0.4) is 0 Å². The predicted octanol–water partition coefficient (Wildman–Crippen LogP) is 1.61. The van der Waals surface area contributed by atoms with Crippen LogP contribution < -0.4 is 16.0 Å². The van der Waals surface area contributed by atoms with Crippen LogP contribution in [0.5, 0.6) is 0 Å². The second-order valence-electron chi connectivity index (χ2n) is 6.04. The highest BCUT2D eigenvalue weighted by Gasteiger charge is 2.36. The summed E-state index contributed by atoms with van der Waals surface area (Å²) < 4.78 is 43.7. The van der Waals surface area contributed by atoms with E-state index in [1.165, 1.54) is 19.3 Å². The number of carbonyl (C=O) groups is 3. The van der Waals surface area contributed by atoms with E-state index in [0.717, 1.165) is 23.1 Å². The minimum absolute atomic E-state index is 0.0458. The zero-order valence-electron chi connectivity index (χ0n) is 14.9. The van der Waals surface area contributed by atoms with E-state index < -0.39 is 42.2 Å². The fraction of sp³-hybridized carbons (Fsp3) is 0.235.